The van der Waals surface area contributed by atoms with E-state index in [0.717, 1.165) is 40.2 Å². The van der Waals surface area contributed by atoms with E-state index in [1.165, 1.54) is 5.56 Å². The molecule has 0 amide bonds. The molecule has 0 unspecified atom stereocenters. The first-order valence-corrected chi connectivity index (χ1v) is 8.94. The van der Waals surface area contributed by atoms with Crippen LogP contribution in [0, 0.1) is 4.77 Å². The summed E-state index contributed by atoms with van der Waals surface area (Å²) >= 11 is 5.42. The van der Waals surface area contributed by atoms with Crippen LogP contribution < -0.4 is 4.74 Å². The van der Waals surface area contributed by atoms with Crippen molar-refractivity contribution in [1.29, 1.82) is 0 Å². The van der Waals surface area contributed by atoms with Gasteiger partial charge in [0.05, 0.1) is 12.8 Å². The summed E-state index contributed by atoms with van der Waals surface area (Å²) in [6.07, 6.45) is 4.85. The van der Waals surface area contributed by atoms with E-state index in [1.807, 2.05) is 41.1 Å². The molecule has 0 bridgehead atoms. The molecule has 0 spiro atoms. The van der Waals surface area contributed by atoms with Crippen LogP contribution in [0.4, 0.5) is 0 Å². The SMILES string of the molecule is CCc1ccc(-c2cnc(=S)n3cc(-c4cccc(OC)c4)[nH]c23)cc1. The number of benzene rings is 2. The minimum absolute atomic E-state index is 0.527. The van der Waals surface area contributed by atoms with Crippen LogP contribution in [-0.2, 0) is 6.42 Å². The normalized spacial score (nSPS) is 11.0. The van der Waals surface area contributed by atoms with Gasteiger partial charge < -0.3 is 9.72 Å². The Bertz CT molecular complexity index is 1130. The molecule has 0 aliphatic heterocycles. The van der Waals surface area contributed by atoms with Gasteiger partial charge in [0.1, 0.15) is 11.4 Å². The Hall–Kier alpha value is -2.92. The number of rotatable bonds is 4. The summed E-state index contributed by atoms with van der Waals surface area (Å²) in [5.41, 5.74) is 6.39. The van der Waals surface area contributed by atoms with Crippen molar-refractivity contribution in [3.8, 4) is 28.1 Å². The third-order valence-electron chi connectivity index (χ3n) is 4.57. The highest BCUT2D eigenvalue weighted by Crippen LogP contribution is 2.28. The van der Waals surface area contributed by atoms with Gasteiger partial charge in [-0.1, -0.05) is 43.3 Å². The average Bonchev–Trinajstić information content (AvgIpc) is 3.15. The Morgan fingerprint density at radius 1 is 1.12 bits per heavy atom. The van der Waals surface area contributed by atoms with Gasteiger partial charge in [0.2, 0.25) is 4.77 Å². The van der Waals surface area contributed by atoms with Gasteiger partial charge in [-0.25, -0.2) is 4.98 Å². The molecule has 2 aromatic heterocycles. The molecule has 130 valence electrons. The fourth-order valence-corrected chi connectivity index (χ4v) is 3.27. The highest BCUT2D eigenvalue weighted by molar-refractivity contribution is 7.71. The molecule has 0 saturated carbocycles. The first-order valence-electron chi connectivity index (χ1n) is 8.53. The van der Waals surface area contributed by atoms with Crippen molar-refractivity contribution in [1.82, 2.24) is 14.4 Å². The van der Waals surface area contributed by atoms with E-state index >= 15 is 0 Å². The predicted octanol–water partition coefficient (Wildman–Crippen LogP) is 5.30. The zero-order chi connectivity index (χ0) is 18.1. The van der Waals surface area contributed by atoms with Gasteiger partial charge in [-0.3, -0.25) is 4.40 Å². The lowest BCUT2D eigenvalue weighted by Gasteiger charge is -2.05. The summed E-state index contributed by atoms with van der Waals surface area (Å²) in [6, 6.07) is 16.5. The van der Waals surface area contributed by atoms with Crippen molar-refractivity contribution in [3.05, 3.63) is 71.3 Å². The fourth-order valence-electron chi connectivity index (χ4n) is 3.07. The number of nitrogens with one attached hydrogen (secondary N) is 1. The second-order valence-corrected chi connectivity index (χ2v) is 6.49. The zero-order valence-corrected chi connectivity index (χ0v) is 15.5. The van der Waals surface area contributed by atoms with Crippen LogP contribution >= 0.6 is 12.2 Å². The molecule has 1 N–H and O–H groups in total. The number of hydrogen-bond donors (Lipinski definition) is 1. The Morgan fingerprint density at radius 2 is 1.92 bits per heavy atom. The molecule has 26 heavy (non-hydrogen) atoms. The number of imidazole rings is 1. The van der Waals surface area contributed by atoms with Crippen LogP contribution in [0.5, 0.6) is 5.75 Å². The van der Waals surface area contributed by atoms with Crippen LogP contribution in [0.1, 0.15) is 12.5 Å². The quantitative estimate of drug-likeness (QED) is 0.502. The number of H-pyrrole nitrogens is 1. The smallest absolute Gasteiger partial charge is 0.205 e. The number of nitrogens with zero attached hydrogens (tertiary/aromatic N) is 2. The molecule has 4 nitrogen and oxygen atoms in total. The highest BCUT2D eigenvalue weighted by atomic mass is 32.1. The Labute approximate surface area is 157 Å². The summed E-state index contributed by atoms with van der Waals surface area (Å²) in [6.45, 7) is 2.15. The maximum absolute atomic E-state index is 5.42. The van der Waals surface area contributed by atoms with E-state index in [-0.39, 0.29) is 0 Å². The van der Waals surface area contributed by atoms with Crippen molar-refractivity contribution in [3.63, 3.8) is 0 Å². The maximum Gasteiger partial charge on any atom is 0.205 e. The largest absolute Gasteiger partial charge is 0.497 e. The lowest BCUT2D eigenvalue weighted by Crippen LogP contribution is -1.92. The van der Waals surface area contributed by atoms with Crippen molar-refractivity contribution in [2.75, 3.05) is 7.11 Å². The van der Waals surface area contributed by atoms with Gasteiger partial charge in [0, 0.05) is 23.5 Å². The first kappa shape index (κ1) is 16.5. The number of aryl methyl sites for hydroxylation is 1. The molecule has 0 aliphatic rings. The van der Waals surface area contributed by atoms with E-state index in [0.29, 0.717) is 4.77 Å². The van der Waals surface area contributed by atoms with Crippen LogP contribution in [0.25, 0.3) is 28.0 Å². The van der Waals surface area contributed by atoms with Crippen molar-refractivity contribution in [2.24, 2.45) is 0 Å². The maximum atomic E-state index is 5.42. The standard InChI is InChI=1S/C21H19N3OS/c1-3-14-7-9-15(10-8-14)18-12-22-21(26)24-13-19(23-20(18)24)16-5-4-6-17(11-16)25-2/h4-13,23H,3H2,1-2H3. The van der Waals surface area contributed by atoms with Crippen molar-refractivity contribution in [2.45, 2.75) is 13.3 Å². The summed E-state index contributed by atoms with van der Waals surface area (Å²) in [5.74, 6) is 0.818. The first-order chi connectivity index (χ1) is 12.7. The molecule has 2 aromatic carbocycles. The number of hydrogen-bond acceptors (Lipinski definition) is 3. The number of aromatic nitrogens is 3. The number of methoxy groups -OCH3 is 1. The highest BCUT2D eigenvalue weighted by Gasteiger charge is 2.11. The van der Waals surface area contributed by atoms with E-state index in [9.17, 15) is 0 Å². The van der Waals surface area contributed by atoms with E-state index in [4.69, 9.17) is 17.0 Å². The minimum Gasteiger partial charge on any atom is -0.497 e. The van der Waals surface area contributed by atoms with Crippen LogP contribution in [0.3, 0.4) is 0 Å². The zero-order valence-electron chi connectivity index (χ0n) is 14.7. The van der Waals surface area contributed by atoms with E-state index < -0.39 is 0 Å². The lowest BCUT2D eigenvalue weighted by atomic mass is 10.1. The molecule has 0 aliphatic carbocycles. The van der Waals surface area contributed by atoms with E-state index in [1.54, 1.807) is 7.11 Å². The Morgan fingerprint density at radius 3 is 2.65 bits per heavy atom. The summed E-state index contributed by atoms with van der Waals surface area (Å²) in [7, 11) is 1.67. The van der Waals surface area contributed by atoms with Crippen LogP contribution in [0.15, 0.2) is 60.9 Å². The summed E-state index contributed by atoms with van der Waals surface area (Å²) < 4.78 is 7.79. The van der Waals surface area contributed by atoms with Crippen molar-refractivity contribution >= 4 is 17.9 Å². The average molecular weight is 361 g/mol. The molecular formula is C21H19N3OS. The van der Waals surface area contributed by atoms with Crippen molar-refractivity contribution < 1.29 is 4.74 Å². The minimum atomic E-state index is 0.527. The molecule has 0 saturated heterocycles. The van der Waals surface area contributed by atoms with Gasteiger partial charge >= 0.3 is 0 Å². The molecule has 0 atom stereocenters. The van der Waals surface area contributed by atoms with E-state index in [2.05, 4.69) is 41.2 Å². The second kappa shape index (κ2) is 6.77. The molecule has 0 radical (unpaired) electrons. The molecule has 4 rings (SSSR count). The van der Waals surface area contributed by atoms with Gasteiger partial charge in [0.25, 0.3) is 0 Å². The number of aromatic amines is 1. The summed E-state index contributed by atoms with van der Waals surface area (Å²) in [5, 5.41) is 0. The third kappa shape index (κ3) is 2.91. The van der Waals surface area contributed by atoms with Crippen LogP contribution in [0.2, 0.25) is 0 Å². The predicted molar refractivity (Wildman–Crippen MR) is 107 cm³/mol. The third-order valence-corrected chi connectivity index (χ3v) is 4.87. The molecule has 4 aromatic rings. The molecule has 0 fully saturated rings. The Kier molecular flexibility index (Phi) is 4.31. The number of ether oxygens (including phenoxy) is 1. The topological polar surface area (TPSA) is 42.3 Å². The van der Waals surface area contributed by atoms with Crippen LogP contribution in [-0.4, -0.2) is 21.5 Å². The molecule has 5 heteroatoms. The lowest BCUT2D eigenvalue weighted by molar-refractivity contribution is 0.415. The van der Waals surface area contributed by atoms with Gasteiger partial charge in [-0.2, -0.15) is 0 Å². The monoisotopic (exact) mass is 361 g/mol. The second-order valence-electron chi connectivity index (χ2n) is 6.12. The van der Waals surface area contributed by atoms with Gasteiger partial charge in [-0.15, -0.1) is 0 Å². The number of fused-ring (bicyclic) bond motifs is 1. The molecule has 2 heterocycles. The van der Waals surface area contributed by atoms with Gasteiger partial charge in [-0.05, 0) is 41.9 Å². The molecular weight excluding hydrogens is 342 g/mol. The summed E-state index contributed by atoms with van der Waals surface area (Å²) in [4.78, 5) is 7.90. The van der Waals surface area contributed by atoms with Gasteiger partial charge in [0.15, 0.2) is 0 Å². The fraction of sp³-hybridized carbons (Fsp3) is 0.143. The Balaban J connectivity index is 1.89.